The van der Waals surface area contributed by atoms with Gasteiger partial charge in [-0.15, -0.1) is 0 Å². The van der Waals surface area contributed by atoms with E-state index in [2.05, 4.69) is 15.9 Å². The van der Waals surface area contributed by atoms with Gasteiger partial charge in [-0.05, 0) is 12.1 Å². The van der Waals surface area contributed by atoms with E-state index in [4.69, 9.17) is 10.2 Å². The van der Waals surface area contributed by atoms with Gasteiger partial charge in [0.05, 0.1) is 0 Å². The van der Waals surface area contributed by atoms with E-state index in [0.717, 1.165) is 12.1 Å². The Morgan fingerprint density at radius 1 is 1.29 bits per heavy atom. The lowest BCUT2D eigenvalue weighted by Gasteiger charge is -2.15. The second kappa shape index (κ2) is 3.78. The second-order valence-corrected chi connectivity index (χ2v) is 3.56. The fraction of sp³-hybridized carbons (Fsp3) is 0.250. The van der Waals surface area contributed by atoms with E-state index in [1.54, 1.807) is 0 Å². The van der Waals surface area contributed by atoms with E-state index in [1.165, 1.54) is 6.07 Å². The molecule has 1 rings (SSSR count). The summed E-state index contributed by atoms with van der Waals surface area (Å²) in [7, 11) is 0. The number of rotatable bonds is 1. The molecule has 0 bridgehead atoms. The summed E-state index contributed by atoms with van der Waals surface area (Å²) in [5.41, 5.74) is -0.555. The van der Waals surface area contributed by atoms with E-state index in [9.17, 15) is 13.2 Å². The number of alkyl halides is 3. The van der Waals surface area contributed by atoms with E-state index in [-0.39, 0.29) is 0 Å². The van der Waals surface area contributed by atoms with Gasteiger partial charge in [0, 0.05) is 10.0 Å². The molecule has 78 valence electrons. The monoisotopic (exact) mass is 270 g/mol. The van der Waals surface area contributed by atoms with Crippen LogP contribution in [0.3, 0.4) is 0 Å². The Balaban J connectivity index is 3.08. The van der Waals surface area contributed by atoms with Crippen LogP contribution in [0, 0.1) is 0 Å². The smallest absolute Gasteiger partial charge is 0.418 e. The lowest BCUT2D eigenvalue weighted by molar-refractivity contribution is -0.207. The van der Waals surface area contributed by atoms with Crippen molar-refractivity contribution in [1.29, 1.82) is 0 Å². The first-order chi connectivity index (χ1) is 6.32. The quantitative estimate of drug-likeness (QED) is 0.824. The summed E-state index contributed by atoms with van der Waals surface area (Å²) in [6, 6.07) is 3.41. The van der Waals surface area contributed by atoms with Crippen molar-refractivity contribution in [2.45, 2.75) is 12.3 Å². The topological polar surface area (TPSA) is 40.5 Å². The number of aliphatic hydroxyl groups is 1. The molecule has 1 aromatic carbocycles. The first kappa shape index (κ1) is 11.3. The summed E-state index contributed by atoms with van der Waals surface area (Å²) in [5, 5.41) is 18.0. The highest BCUT2D eigenvalue weighted by Gasteiger charge is 2.40. The first-order valence-electron chi connectivity index (χ1n) is 3.55. The van der Waals surface area contributed by atoms with E-state index in [0.29, 0.717) is 4.47 Å². The Morgan fingerprint density at radius 3 is 2.29 bits per heavy atom. The molecule has 0 unspecified atom stereocenters. The van der Waals surface area contributed by atoms with Gasteiger partial charge in [0.2, 0.25) is 0 Å². The van der Waals surface area contributed by atoms with Crippen LogP contribution in [-0.4, -0.2) is 16.4 Å². The molecular formula is C8H6BrF3O2. The van der Waals surface area contributed by atoms with E-state index >= 15 is 0 Å². The van der Waals surface area contributed by atoms with E-state index < -0.39 is 23.6 Å². The van der Waals surface area contributed by atoms with Gasteiger partial charge in [-0.2, -0.15) is 13.2 Å². The number of aliphatic hydroxyl groups excluding tert-OH is 1. The number of hydrogen-bond acceptors (Lipinski definition) is 2. The van der Waals surface area contributed by atoms with Gasteiger partial charge < -0.3 is 10.2 Å². The molecule has 0 saturated carbocycles. The summed E-state index contributed by atoms with van der Waals surface area (Å²) in [6.07, 6.45) is -7.43. The standard InChI is InChI=1S/C8H6BrF3O2/c9-4-1-2-5(6(13)3-4)7(14)8(10,11)12/h1-3,7,13-14H/t7-/m0/s1. The third-order valence-electron chi connectivity index (χ3n) is 1.60. The summed E-state index contributed by atoms with van der Waals surface area (Å²) >= 11 is 2.97. The Hall–Kier alpha value is -0.750. The molecule has 0 spiro atoms. The maximum absolute atomic E-state index is 12.0. The van der Waals surface area contributed by atoms with Gasteiger partial charge in [-0.3, -0.25) is 0 Å². The van der Waals surface area contributed by atoms with Crippen LogP contribution in [0.25, 0.3) is 0 Å². The summed E-state index contributed by atoms with van der Waals surface area (Å²) in [6.45, 7) is 0. The lowest BCUT2D eigenvalue weighted by atomic mass is 10.1. The fourth-order valence-corrected chi connectivity index (χ4v) is 1.27. The minimum absolute atomic E-state index is 0.438. The van der Waals surface area contributed by atoms with Crippen LogP contribution in [0.4, 0.5) is 13.2 Å². The maximum atomic E-state index is 12.0. The average Bonchev–Trinajstić information content (AvgIpc) is 2.01. The van der Waals surface area contributed by atoms with Gasteiger partial charge >= 0.3 is 6.18 Å². The summed E-state index contributed by atoms with van der Waals surface area (Å²) in [4.78, 5) is 0. The van der Waals surface area contributed by atoms with Crippen molar-refractivity contribution in [3.8, 4) is 5.75 Å². The second-order valence-electron chi connectivity index (χ2n) is 2.65. The van der Waals surface area contributed by atoms with Crippen molar-refractivity contribution in [3.63, 3.8) is 0 Å². The number of halogens is 4. The molecule has 6 heteroatoms. The predicted octanol–water partition coefficient (Wildman–Crippen LogP) is 2.75. The number of phenols is 1. The predicted molar refractivity (Wildman–Crippen MR) is 46.8 cm³/mol. The fourth-order valence-electron chi connectivity index (χ4n) is 0.924. The molecule has 14 heavy (non-hydrogen) atoms. The average molecular weight is 271 g/mol. The lowest BCUT2D eigenvalue weighted by Crippen LogP contribution is -2.20. The Labute approximate surface area is 86.1 Å². The molecule has 0 amide bonds. The Bertz CT molecular complexity index is 338. The van der Waals surface area contributed by atoms with Crippen molar-refractivity contribution in [2.24, 2.45) is 0 Å². The van der Waals surface area contributed by atoms with Crippen molar-refractivity contribution in [1.82, 2.24) is 0 Å². The molecule has 0 saturated heterocycles. The highest BCUT2D eigenvalue weighted by atomic mass is 79.9. The van der Waals surface area contributed by atoms with Crippen LogP contribution in [0.15, 0.2) is 22.7 Å². The van der Waals surface area contributed by atoms with Crippen LogP contribution in [0.2, 0.25) is 0 Å². The van der Waals surface area contributed by atoms with Crippen LogP contribution >= 0.6 is 15.9 Å². The van der Waals surface area contributed by atoms with Crippen LogP contribution in [0.1, 0.15) is 11.7 Å². The molecule has 0 fully saturated rings. The third-order valence-corrected chi connectivity index (χ3v) is 2.09. The highest BCUT2D eigenvalue weighted by molar-refractivity contribution is 9.10. The van der Waals surface area contributed by atoms with Crippen LogP contribution in [-0.2, 0) is 0 Å². The van der Waals surface area contributed by atoms with Crippen molar-refractivity contribution < 1.29 is 23.4 Å². The molecule has 1 aromatic rings. The van der Waals surface area contributed by atoms with Crippen molar-refractivity contribution in [2.75, 3.05) is 0 Å². The zero-order valence-electron chi connectivity index (χ0n) is 6.72. The normalized spacial score (nSPS) is 14.1. The van der Waals surface area contributed by atoms with Gasteiger partial charge in [0.25, 0.3) is 0 Å². The molecular weight excluding hydrogens is 265 g/mol. The van der Waals surface area contributed by atoms with Gasteiger partial charge in [0.15, 0.2) is 6.10 Å². The molecule has 1 atom stereocenters. The number of hydrogen-bond donors (Lipinski definition) is 2. The minimum Gasteiger partial charge on any atom is -0.508 e. The third kappa shape index (κ3) is 2.39. The number of aromatic hydroxyl groups is 1. The molecule has 0 aliphatic heterocycles. The van der Waals surface area contributed by atoms with Gasteiger partial charge in [0.1, 0.15) is 5.75 Å². The first-order valence-corrected chi connectivity index (χ1v) is 4.35. The zero-order chi connectivity index (χ0) is 10.9. The zero-order valence-corrected chi connectivity index (χ0v) is 8.30. The SMILES string of the molecule is Oc1cc(Br)ccc1[C@H](O)C(F)(F)F. The van der Waals surface area contributed by atoms with Gasteiger partial charge in [-0.25, -0.2) is 0 Å². The summed E-state index contributed by atoms with van der Waals surface area (Å²) in [5.74, 6) is -0.593. The molecule has 0 radical (unpaired) electrons. The molecule has 2 N–H and O–H groups in total. The van der Waals surface area contributed by atoms with Crippen molar-refractivity contribution >= 4 is 15.9 Å². The highest BCUT2D eigenvalue weighted by Crippen LogP contribution is 2.37. The molecule has 0 heterocycles. The molecule has 0 aliphatic carbocycles. The van der Waals surface area contributed by atoms with E-state index in [1.807, 2.05) is 0 Å². The Kier molecular flexibility index (Phi) is 3.06. The van der Waals surface area contributed by atoms with Crippen LogP contribution < -0.4 is 0 Å². The molecule has 0 aromatic heterocycles. The summed E-state index contributed by atoms with van der Waals surface area (Å²) < 4.78 is 36.6. The van der Waals surface area contributed by atoms with Crippen molar-refractivity contribution in [3.05, 3.63) is 28.2 Å². The Morgan fingerprint density at radius 2 is 1.86 bits per heavy atom. The molecule has 0 aliphatic rings. The number of benzene rings is 1. The molecule has 2 nitrogen and oxygen atoms in total. The maximum Gasteiger partial charge on any atom is 0.418 e. The van der Waals surface area contributed by atoms with Gasteiger partial charge in [-0.1, -0.05) is 22.0 Å². The van der Waals surface area contributed by atoms with Crippen LogP contribution in [0.5, 0.6) is 5.75 Å². The number of phenolic OH excluding ortho intramolecular Hbond substituents is 1. The minimum atomic E-state index is -4.77. The largest absolute Gasteiger partial charge is 0.508 e.